The van der Waals surface area contributed by atoms with Gasteiger partial charge < -0.3 is 10.6 Å². The topological polar surface area (TPSA) is 36.4 Å². The summed E-state index contributed by atoms with van der Waals surface area (Å²) in [5.41, 5.74) is 0.888. The standard InChI is InChI=1S/C15H22FN3/c1-2-17-15(18-9-8-12-6-7-12)19-11-13-4-3-5-14(16)10-13/h3-5,10,12H,2,6-9,11H2,1H3,(H2,17,18,19). The second kappa shape index (κ2) is 7.12. The molecule has 4 heteroatoms. The maximum Gasteiger partial charge on any atom is 0.191 e. The van der Waals surface area contributed by atoms with E-state index in [0.29, 0.717) is 6.54 Å². The zero-order valence-electron chi connectivity index (χ0n) is 11.5. The number of benzene rings is 1. The summed E-state index contributed by atoms with van der Waals surface area (Å²) < 4.78 is 13.1. The fourth-order valence-electron chi connectivity index (χ4n) is 1.95. The molecule has 3 nitrogen and oxygen atoms in total. The summed E-state index contributed by atoms with van der Waals surface area (Å²) in [4.78, 5) is 4.47. The van der Waals surface area contributed by atoms with Crippen LogP contribution < -0.4 is 10.6 Å². The number of hydrogen-bond acceptors (Lipinski definition) is 1. The highest BCUT2D eigenvalue weighted by Gasteiger charge is 2.20. The normalized spacial score (nSPS) is 15.4. The molecule has 1 aromatic carbocycles. The Morgan fingerprint density at radius 2 is 2.21 bits per heavy atom. The quantitative estimate of drug-likeness (QED) is 0.611. The van der Waals surface area contributed by atoms with Gasteiger partial charge in [0.05, 0.1) is 6.54 Å². The molecule has 1 aromatic rings. The molecular weight excluding hydrogens is 241 g/mol. The minimum absolute atomic E-state index is 0.209. The summed E-state index contributed by atoms with van der Waals surface area (Å²) in [6.07, 6.45) is 3.96. The van der Waals surface area contributed by atoms with Crippen LogP contribution in [0.15, 0.2) is 29.3 Å². The van der Waals surface area contributed by atoms with Crippen molar-refractivity contribution in [3.63, 3.8) is 0 Å². The van der Waals surface area contributed by atoms with Crippen LogP contribution in [0.1, 0.15) is 31.7 Å². The van der Waals surface area contributed by atoms with E-state index < -0.39 is 0 Å². The van der Waals surface area contributed by atoms with Crippen LogP contribution >= 0.6 is 0 Å². The predicted octanol–water partition coefficient (Wildman–Crippen LogP) is 2.68. The SMILES string of the molecule is CCNC(=NCc1cccc(F)c1)NCCC1CC1. The smallest absolute Gasteiger partial charge is 0.191 e. The Morgan fingerprint density at radius 1 is 1.37 bits per heavy atom. The minimum atomic E-state index is -0.209. The van der Waals surface area contributed by atoms with Crippen LogP contribution in [-0.4, -0.2) is 19.0 Å². The fourth-order valence-corrected chi connectivity index (χ4v) is 1.95. The van der Waals surface area contributed by atoms with Crippen molar-refractivity contribution in [2.75, 3.05) is 13.1 Å². The molecule has 1 aliphatic carbocycles. The van der Waals surface area contributed by atoms with Gasteiger partial charge in [-0.25, -0.2) is 9.38 Å². The lowest BCUT2D eigenvalue weighted by molar-refractivity contribution is 0.625. The third kappa shape index (κ3) is 5.28. The molecule has 0 spiro atoms. The molecule has 0 radical (unpaired) electrons. The highest BCUT2D eigenvalue weighted by molar-refractivity contribution is 5.79. The van der Waals surface area contributed by atoms with E-state index in [1.807, 2.05) is 13.0 Å². The van der Waals surface area contributed by atoms with Gasteiger partial charge in [-0.1, -0.05) is 25.0 Å². The Morgan fingerprint density at radius 3 is 2.89 bits per heavy atom. The largest absolute Gasteiger partial charge is 0.357 e. The highest BCUT2D eigenvalue weighted by atomic mass is 19.1. The highest BCUT2D eigenvalue weighted by Crippen LogP contribution is 2.31. The molecule has 1 aliphatic rings. The Hall–Kier alpha value is -1.58. The van der Waals surface area contributed by atoms with Gasteiger partial charge in [-0.05, 0) is 37.0 Å². The summed E-state index contributed by atoms with van der Waals surface area (Å²) in [5, 5.41) is 6.53. The molecule has 0 amide bonds. The van der Waals surface area contributed by atoms with E-state index in [-0.39, 0.29) is 5.82 Å². The minimum Gasteiger partial charge on any atom is -0.357 e. The lowest BCUT2D eigenvalue weighted by Crippen LogP contribution is -2.37. The van der Waals surface area contributed by atoms with Gasteiger partial charge in [-0.2, -0.15) is 0 Å². The molecule has 104 valence electrons. The van der Waals surface area contributed by atoms with Crippen molar-refractivity contribution in [2.24, 2.45) is 10.9 Å². The van der Waals surface area contributed by atoms with Crippen molar-refractivity contribution < 1.29 is 4.39 Å². The summed E-state index contributed by atoms with van der Waals surface area (Å²) in [6, 6.07) is 6.58. The summed E-state index contributed by atoms with van der Waals surface area (Å²) in [7, 11) is 0. The lowest BCUT2D eigenvalue weighted by atomic mass is 10.2. The second-order valence-electron chi connectivity index (χ2n) is 4.98. The molecule has 0 bridgehead atoms. The third-order valence-electron chi connectivity index (χ3n) is 3.19. The van der Waals surface area contributed by atoms with Crippen molar-refractivity contribution in [3.05, 3.63) is 35.6 Å². The van der Waals surface area contributed by atoms with E-state index in [0.717, 1.165) is 30.5 Å². The van der Waals surface area contributed by atoms with Crippen LogP contribution in [0.25, 0.3) is 0 Å². The molecule has 2 rings (SSSR count). The van der Waals surface area contributed by atoms with Crippen LogP contribution in [0.4, 0.5) is 4.39 Å². The van der Waals surface area contributed by atoms with E-state index in [2.05, 4.69) is 15.6 Å². The van der Waals surface area contributed by atoms with E-state index >= 15 is 0 Å². The van der Waals surface area contributed by atoms with Gasteiger partial charge in [0.15, 0.2) is 5.96 Å². The predicted molar refractivity (Wildman–Crippen MR) is 76.6 cm³/mol. The molecule has 0 atom stereocenters. The number of guanidine groups is 1. The van der Waals surface area contributed by atoms with Gasteiger partial charge in [0.2, 0.25) is 0 Å². The maximum absolute atomic E-state index is 13.1. The van der Waals surface area contributed by atoms with Gasteiger partial charge in [-0.3, -0.25) is 0 Å². The van der Waals surface area contributed by atoms with Gasteiger partial charge in [0.1, 0.15) is 5.82 Å². The number of halogens is 1. The van der Waals surface area contributed by atoms with Crippen LogP contribution in [0, 0.1) is 11.7 Å². The van der Waals surface area contributed by atoms with Gasteiger partial charge in [0.25, 0.3) is 0 Å². The van der Waals surface area contributed by atoms with Gasteiger partial charge in [-0.15, -0.1) is 0 Å². The first-order chi connectivity index (χ1) is 9.28. The Labute approximate surface area is 114 Å². The van der Waals surface area contributed by atoms with Gasteiger partial charge in [0, 0.05) is 13.1 Å². The van der Waals surface area contributed by atoms with Crippen molar-refractivity contribution in [3.8, 4) is 0 Å². The van der Waals surface area contributed by atoms with Crippen LogP contribution in [0.5, 0.6) is 0 Å². The van der Waals surface area contributed by atoms with Crippen LogP contribution in [0.2, 0.25) is 0 Å². The molecule has 19 heavy (non-hydrogen) atoms. The van der Waals surface area contributed by atoms with E-state index in [1.54, 1.807) is 6.07 Å². The monoisotopic (exact) mass is 263 g/mol. The van der Waals surface area contributed by atoms with Gasteiger partial charge >= 0.3 is 0 Å². The number of nitrogens with zero attached hydrogens (tertiary/aromatic N) is 1. The third-order valence-corrected chi connectivity index (χ3v) is 3.19. The van der Waals surface area contributed by atoms with E-state index in [4.69, 9.17) is 0 Å². The number of rotatable bonds is 6. The second-order valence-corrected chi connectivity index (χ2v) is 4.98. The zero-order valence-corrected chi connectivity index (χ0v) is 11.5. The van der Waals surface area contributed by atoms with Crippen molar-refractivity contribution in [2.45, 2.75) is 32.7 Å². The van der Waals surface area contributed by atoms with Crippen molar-refractivity contribution in [1.82, 2.24) is 10.6 Å². The van der Waals surface area contributed by atoms with Crippen LogP contribution in [0.3, 0.4) is 0 Å². The average Bonchev–Trinajstić information content (AvgIpc) is 3.20. The Balaban J connectivity index is 1.83. The molecular formula is C15H22FN3. The first kappa shape index (κ1) is 13.8. The summed E-state index contributed by atoms with van der Waals surface area (Å²) >= 11 is 0. The molecule has 1 fully saturated rings. The van der Waals surface area contributed by atoms with Crippen molar-refractivity contribution >= 4 is 5.96 Å². The average molecular weight is 263 g/mol. The molecule has 0 unspecified atom stereocenters. The lowest BCUT2D eigenvalue weighted by Gasteiger charge is -2.11. The molecule has 2 N–H and O–H groups in total. The van der Waals surface area contributed by atoms with E-state index in [1.165, 1.54) is 31.4 Å². The maximum atomic E-state index is 13.1. The first-order valence-electron chi connectivity index (χ1n) is 7.04. The summed E-state index contributed by atoms with van der Waals surface area (Å²) in [5.74, 6) is 1.52. The molecule has 0 heterocycles. The molecule has 1 saturated carbocycles. The fraction of sp³-hybridized carbons (Fsp3) is 0.533. The molecule has 0 aliphatic heterocycles. The Kier molecular flexibility index (Phi) is 5.19. The number of nitrogens with one attached hydrogen (secondary N) is 2. The van der Waals surface area contributed by atoms with Crippen molar-refractivity contribution in [1.29, 1.82) is 0 Å². The number of hydrogen-bond donors (Lipinski definition) is 2. The molecule has 0 aromatic heterocycles. The van der Waals surface area contributed by atoms with E-state index in [9.17, 15) is 4.39 Å². The molecule has 0 saturated heterocycles. The first-order valence-corrected chi connectivity index (χ1v) is 7.04. The zero-order chi connectivity index (χ0) is 13.5. The Bertz CT molecular complexity index is 427. The van der Waals surface area contributed by atoms with Crippen LogP contribution in [-0.2, 0) is 6.54 Å². The number of aliphatic imine (C=N–C) groups is 1. The summed E-state index contributed by atoms with van der Waals surface area (Å²) in [6.45, 7) is 4.33.